The van der Waals surface area contributed by atoms with Gasteiger partial charge in [-0.3, -0.25) is 0 Å². The Labute approximate surface area is 110 Å². The summed E-state index contributed by atoms with van der Waals surface area (Å²) in [5.41, 5.74) is 0.650. The van der Waals surface area contributed by atoms with Crippen LogP contribution >= 0.6 is 0 Å². The van der Waals surface area contributed by atoms with Gasteiger partial charge in [0.2, 0.25) is 0 Å². The Bertz CT molecular complexity index is 635. The van der Waals surface area contributed by atoms with E-state index in [0.717, 1.165) is 10.8 Å². The summed E-state index contributed by atoms with van der Waals surface area (Å²) in [6.07, 6.45) is 0. The first-order valence-corrected chi connectivity index (χ1v) is 9.62. The number of fused-ring (bicyclic) bond motifs is 3. The second-order valence-electron chi connectivity index (χ2n) is 3.69. The molecule has 0 fully saturated rings. The third kappa shape index (κ3) is 1.72. The van der Waals surface area contributed by atoms with Crippen LogP contribution < -0.4 is 0 Å². The fraction of sp³-hybridized carbons (Fsp3) is 0. The summed E-state index contributed by atoms with van der Waals surface area (Å²) in [6.45, 7) is 0. The number of carbonyl (C=O) groups excluding carboxylic acids is 2. The Kier molecular flexibility index (Phi) is 2.59. The molecule has 4 nitrogen and oxygen atoms in total. The van der Waals surface area contributed by atoms with Gasteiger partial charge >= 0.3 is 111 Å². The first-order valence-electron chi connectivity index (χ1n) is 5.13. The van der Waals surface area contributed by atoms with E-state index in [9.17, 15) is 9.59 Å². The van der Waals surface area contributed by atoms with E-state index < -0.39 is 37.4 Å². The molecular weight excluding hydrogens is 409 g/mol. The van der Waals surface area contributed by atoms with Gasteiger partial charge in [-0.05, 0) is 0 Å². The first kappa shape index (κ1) is 10.7. The number of hydrogen-bond donors (Lipinski definition) is 0. The van der Waals surface area contributed by atoms with Gasteiger partial charge in [-0.2, -0.15) is 0 Å². The van der Waals surface area contributed by atoms with Gasteiger partial charge < -0.3 is 0 Å². The number of carbonyl (C=O) groups is 2. The quantitative estimate of drug-likeness (QED) is 0.619. The van der Waals surface area contributed by atoms with Gasteiger partial charge in [0, 0.05) is 0 Å². The zero-order chi connectivity index (χ0) is 11.8. The number of benzene rings is 2. The molecule has 0 saturated heterocycles. The van der Waals surface area contributed by atoms with Crippen LogP contribution in [0.3, 0.4) is 0 Å². The van der Waals surface area contributed by atoms with E-state index in [1.807, 2.05) is 30.3 Å². The van der Waals surface area contributed by atoms with E-state index in [-0.39, 0.29) is 0 Å². The Morgan fingerprint density at radius 2 is 1.65 bits per heavy atom. The SMILES string of the molecule is O=C1[O][Hg][O]C(=O)c2c1ccc1ccccc21. The normalized spacial score (nSPS) is 13.9. The Hall–Kier alpha value is -1.42. The van der Waals surface area contributed by atoms with Crippen LogP contribution in [0.2, 0.25) is 0 Å². The average molecular weight is 415 g/mol. The zero-order valence-electron chi connectivity index (χ0n) is 8.80. The Morgan fingerprint density at radius 1 is 0.882 bits per heavy atom. The van der Waals surface area contributed by atoms with Crippen LogP contribution in [0.25, 0.3) is 10.8 Å². The van der Waals surface area contributed by atoms with Gasteiger partial charge in [0.1, 0.15) is 0 Å². The molecule has 1 aliphatic heterocycles. The summed E-state index contributed by atoms with van der Waals surface area (Å²) in [6, 6.07) is 10.9. The van der Waals surface area contributed by atoms with Crippen LogP contribution in [-0.2, 0) is 30.8 Å². The Balaban J connectivity index is 2.40. The summed E-state index contributed by atoms with van der Waals surface area (Å²) in [4.78, 5) is 23.6. The van der Waals surface area contributed by atoms with Crippen molar-refractivity contribution in [3.8, 4) is 0 Å². The van der Waals surface area contributed by atoms with Crippen LogP contribution in [0.1, 0.15) is 20.7 Å². The van der Waals surface area contributed by atoms with Crippen molar-refractivity contribution >= 4 is 22.7 Å². The van der Waals surface area contributed by atoms with Gasteiger partial charge in [-0.1, -0.05) is 0 Å². The molecule has 5 heteroatoms. The van der Waals surface area contributed by atoms with Crippen molar-refractivity contribution in [1.29, 1.82) is 0 Å². The molecule has 2 aromatic carbocycles. The van der Waals surface area contributed by atoms with Crippen molar-refractivity contribution < 1.29 is 40.4 Å². The third-order valence-corrected chi connectivity index (χ3v) is 5.69. The van der Waals surface area contributed by atoms with E-state index in [1.165, 1.54) is 0 Å². The van der Waals surface area contributed by atoms with E-state index in [4.69, 9.17) is 5.29 Å². The van der Waals surface area contributed by atoms with Crippen molar-refractivity contribution in [2.75, 3.05) is 0 Å². The van der Waals surface area contributed by atoms with Crippen molar-refractivity contribution in [3.05, 3.63) is 47.5 Å². The number of hydrogen-bond acceptors (Lipinski definition) is 4. The first-order chi connectivity index (χ1) is 8.27. The molecule has 0 bridgehead atoms. The summed E-state index contributed by atoms with van der Waals surface area (Å²) >= 11 is -2.28. The molecule has 0 aromatic heterocycles. The molecule has 80 valence electrons. The van der Waals surface area contributed by atoms with Crippen LogP contribution in [-0.4, -0.2) is 11.9 Å². The van der Waals surface area contributed by atoms with E-state index >= 15 is 0 Å². The molecule has 0 radical (unpaired) electrons. The summed E-state index contributed by atoms with van der Waals surface area (Å²) < 4.78 is 10.0. The summed E-state index contributed by atoms with van der Waals surface area (Å²) in [7, 11) is 0. The minimum absolute atomic E-state index is 0.311. The molecule has 0 unspecified atom stereocenters. The molecule has 1 heterocycles. The molecule has 2 aromatic rings. The van der Waals surface area contributed by atoms with Gasteiger partial charge in [0.25, 0.3) is 0 Å². The summed E-state index contributed by atoms with van der Waals surface area (Å²) in [5, 5.41) is 1.65. The van der Waals surface area contributed by atoms with E-state index in [1.54, 1.807) is 6.07 Å². The van der Waals surface area contributed by atoms with Crippen molar-refractivity contribution in [2.45, 2.75) is 0 Å². The Morgan fingerprint density at radius 3 is 2.53 bits per heavy atom. The molecule has 0 atom stereocenters. The fourth-order valence-electron chi connectivity index (χ4n) is 1.95. The monoisotopic (exact) mass is 416 g/mol. The number of rotatable bonds is 0. The predicted molar refractivity (Wildman–Crippen MR) is 54.8 cm³/mol. The second kappa shape index (κ2) is 4.11. The maximum atomic E-state index is 11.9. The van der Waals surface area contributed by atoms with Crippen molar-refractivity contribution in [2.24, 2.45) is 0 Å². The van der Waals surface area contributed by atoms with E-state index in [0.29, 0.717) is 11.1 Å². The second-order valence-corrected chi connectivity index (χ2v) is 6.85. The molecule has 0 N–H and O–H groups in total. The van der Waals surface area contributed by atoms with E-state index in [2.05, 4.69) is 0 Å². The van der Waals surface area contributed by atoms with Gasteiger partial charge in [0.15, 0.2) is 0 Å². The molecule has 17 heavy (non-hydrogen) atoms. The average Bonchev–Trinajstić information content (AvgIpc) is 2.50. The zero-order valence-corrected chi connectivity index (χ0v) is 14.3. The van der Waals surface area contributed by atoms with Crippen molar-refractivity contribution in [1.82, 2.24) is 0 Å². The standard InChI is InChI=1S/C12H8O4.Hg/c13-11(14)9-6-5-7-3-1-2-4-8(7)10(9)12(15)16;/h1-6H,(H,13,14)(H,15,16);/q;+2/p-2. The van der Waals surface area contributed by atoms with Gasteiger partial charge in [-0.25, -0.2) is 0 Å². The van der Waals surface area contributed by atoms with Crippen LogP contribution in [0.5, 0.6) is 0 Å². The molecule has 0 saturated carbocycles. The molecular formula is C12H6HgO4. The fourth-order valence-corrected chi connectivity index (χ4v) is 4.17. The third-order valence-electron chi connectivity index (χ3n) is 2.73. The van der Waals surface area contributed by atoms with Crippen molar-refractivity contribution in [3.63, 3.8) is 0 Å². The van der Waals surface area contributed by atoms with Crippen LogP contribution in [0.15, 0.2) is 36.4 Å². The molecule has 0 aliphatic carbocycles. The molecule has 0 amide bonds. The molecule has 1 aliphatic rings. The van der Waals surface area contributed by atoms with Gasteiger partial charge in [-0.15, -0.1) is 0 Å². The topological polar surface area (TPSA) is 52.6 Å². The summed E-state index contributed by atoms with van der Waals surface area (Å²) in [5.74, 6) is -0.859. The van der Waals surface area contributed by atoms with Gasteiger partial charge in [0.05, 0.1) is 0 Å². The minimum atomic E-state index is -2.28. The predicted octanol–water partition coefficient (Wildman–Crippen LogP) is 2.08. The molecule has 3 rings (SSSR count). The maximum absolute atomic E-state index is 11.9. The molecule has 0 spiro atoms. The van der Waals surface area contributed by atoms with Crippen LogP contribution in [0.4, 0.5) is 0 Å². The van der Waals surface area contributed by atoms with Crippen LogP contribution in [0, 0.1) is 0 Å².